The number of rotatable bonds is 7. The van der Waals surface area contributed by atoms with Crippen LogP contribution in [0.4, 0.5) is 5.69 Å². The van der Waals surface area contributed by atoms with Crippen molar-refractivity contribution in [2.45, 2.75) is 24.7 Å². The second-order valence-electron chi connectivity index (χ2n) is 7.75. The van der Waals surface area contributed by atoms with Crippen molar-refractivity contribution in [1.82, 2.24) is 19.0 Å². The van der Waals surface area contributed by atoms with E-state index in [-0.39, 0.29) is 27.6 Å². The van der Waals surface area contributed by atoms with Gasteiger partial charge in [0.05, 0.1) is 21.8 Å². The number of anilines is 1. The minimum atomic E-state index is -3.84. The molecule has 32 heavy (non-hydrogen) atoms. The highest BCUT2D eigenvalue weighted by Gasteiger charge is 2.29. The van der Waals surface area contributed by atoms with Crippen molar-refractivity contribution in [3.63, 3.8) is 0 Å². The van der Waals surface area contributed by atoms with Gasteiger partial charge in [-0.15, -0.1) is 0 Å². The monoisotopic (exact) mass is 464 g/mol. The lowest BCUT2D eigenvalue weighted by atomic mass is 10.1. The van der Waals surface area contributed by atoms with Gasteiger partial charge >= 0.3 is 0 Å². The molecule has 1 aliphatic heterocycles. The number of amides is 2. The third kappa shape index (κ3) is 4.61. The first-order chi connectivity index (χ1) is 15.1. The molecule has 12 heteroatoms. The maximum Gasteiger partial charge on any atom is 0.269 e. The molecule has 0 atom stereocenters. The number of nitrogens with zero attached hydrogens (tertiary/aromatic N) is 4. The molecular weight excluding hydrogens is 436 g/mol. The molecule has 4 N–H and O–H groups in total. The molecule has 0 bridgehead atoms. The Balaban J connectivity index is 1.95. The maximum absolute atomic E-state index is 13.0. The van der Waals surface area contributed by atoms with Gasteiger partial charge in [-0.05, 0) is 31.7 Å². The Bertz CT molecular complexity index is 1140. The van der Waals surface area contributed by atoms with Crippen LogP contribution in [0.1, 0.15) is 39.9 Å². The van der Waals surface area contributed by atoms with Crippen LogP contribution in [0.2, 0.25) is 0 Å². The van der Waals surface area contributed by atoms with Gasteiger partial charge in [-0.1, -0.05) is 13.3 Å². The minimum absolute atomic E-state index is 0.0162. The van der Waals surface area contributed by atoms with Crippen LogP contribution in [0.5, 0.6) is 5.75 Å². The van der Waals surface area contributed by atoms with E-state index in [0.29, 0.717) is 44.7 Å². The van der Waals surface area contributed by atoms with Crippen LogP contribution in [0, 0.1) is 0 Å². The summed E-state index contributed by atoms with van der Waals surface area (Å²) in [4.78, 5) is 26.8. The summed E-state index contributed by atoms with van der Waals surface area (Å²) in [5.74, 6) is -1.93. The highest BCUT2D eigenvalue weighted by atomic mass is 32.2. The van der Waals surface area contributed by atoms with Crippen molar-refractivity contribution < 1.29 is 23.1 Å². The smallest absolute Gasteiger partial charge is 0.269 e. The molecule has 2 heterocycles. The molecule has 2 amide bonds. The number of aromatic hydroxyl groups is 1. The number of primary amides is 1. The standard InChI is InChI=1S/C20H28N6O5S/c1-4-5-15-17(18(19(21)28)25(3)23-15)22-20(29)14-12-13(6-7-16(14)27)32(30,31)26-10-8-24(2)9-11-26/h6-7,12,27H,4-5,8-11H2,1-3H3,(H2,21,28)(H,22,29). The molecule has 11 nitrogen and oxygen atoms in total. The Morgan fingerprint density at radius 3 is 2.44 bits per heavy atom. The predicted octanol–water partition coefficient (Wildman–Crippen LogP) is 0.366. The van der Waals surface area contributed by atoms with Crippen molar-refractivity contribution in [1.29, 1.82) is 0 Å². The SMILES string of the molecule is CCCc1nn(C)c(C(N)=O)c1NC(=O)c1cc(S(=O)(=O)N2CCN(C)CC2)ccc1O. The summed E-state index contributed by atoms with van der Waals surface area (Å²) in [6.45, 7) is 3.78. The van der Waals surface area contributed by atoms with Gasteiger partial charge < -0.3 is 21.1 Å². The molecule has 1 aliphatic rings. The zero-order valence-corrected chi connectivity index (χ0v) is 19.1. The second-order valence-corrected chi connectivity index (χ2v) is 9.69. The van der Waals surface area contributed by atoms with Crippen molar-refractivity contribution >= 4 is 27.5 Å². The number of benzene rings is 1. The third-order valence-corrected chi connectivity index (χ3v) is 7.29. The molecule has 0 spiro atoms. The van der Waals surface area contributed by atoms with Crippen molar-refractivity contribution in [3.8, 4) is 5.75 Å². The fraction of sp³-hybridized carbons (Fsp3) is 0.450. The van der Waals surface area contributed by atoms with E-state index in [0.717, 1.165) is 6.07 Å². The number of aryl methyl sites for hydroxylation is 2. The van der Waals surface area contributed by atoms with Crippen LogP contribution in [0.25, 0.3) is 0 Å². The number of likely N-dealkylation sites (N-methyl/N-ethyl adjacent to an activating group) is 1. The van der Waals surface area contributed by atoms with Gasteiger partial charge in [0, 0.05) is 33.2 Å². The Morgan fingerprint density at radius 2 is 1.84 bits per heavy atom. The van der Waals surface area contributed by atoms with Crippen LogP contribution in [0.3, 0.4) is 0 Å². The predicted molar refractivity (Wildman–Crippen MR) is 118 cm³/mol. The fourth-order valence-corrected chi connectivity index (χ4v) is 5.07. The van der Waals surface area contributed by atoms with Crippen LogP contribution < -0.4 is 11.1 Å². The van der Waals surface area contributed by atoms with Crippen LogP contribution >= 0.6 is 0 Å². The average Bonchev–Trinajstić information content (AvgIpc) is 3.03. The van der Waals surface area contributed by atoms with Crippen LogP contribution in [-0.2, 0) is 23.5 Å². The zero-order chi connectivity index (χ0) is 23.6. The molecule has 1 saturated heterocycles. The first-order valence-corrected chi connectivity index (χ1v) is 11.7. The lowest BCUT2D eigenvalue weighted by molar-refractivity contribution is 0.0992. The van der Waals surface area contributed by atoms with Gasteiger partial charge in [0.1, 0.15) is 11.4 Å². The molecule has 0 aliphatic carbocycles. The Morgan fingerprint density at radius 1 is 1.19 bits per heavy atom. The third-order valence-electron chi connectivity index (χ3n) is 5.39. The number of sulfonamides is 1. The number of piperazine rings is 1. The highest BCUT2D eigenvalue weighted by molar-refractivity contribution is 7.89. The molecule has 0 saturated carbocycles. The van der Waals surface area contributed by atoms with E-state index in [1.54, 1.807) is 0 Å². The molecule has 1 aromatic carbocycles. The topological polar surface area (TPSA) is 151 Å². The van der Waals surface area contributed by atoms with Gasteiger partial charge in [-0.3, -0.25) is 14.3 Å². The normalized spacial score (nSPS) is 15.6. The van der Waals surface area contributed by atoms with Gasteiger partial charge in [0.25, 0.3) is 11.8 Å². The van der Waals surface area contributed by atoms with E-state index < -0.39 is 21.8 Å². The summed E-state index contributed by atoms with van der Waals surface area (Å²) in [5, 5.41) is 17.1. The van der Waals surface area contributed by atoms with Crippen molar-refractivity contribution in [2.24, 2.45) is 12.8 Å². The van der Waals surface area contributed by atoms with Gasteiger partial charge in [-0.2, -0.15) is 9.40 Å². The highest BCUT2D eigenvalue weighted by Crippen LogP contribution is 2.27. The molecule has 1 aromatic heterocycles. The van der Waals surface area contributed by atoms with E-state index in [2.05, 4.69) is 10.4 Å². The molecule has 0 unspecified atom stereocenters. The van der Waals surface area contributed by atoms with Gasteiger partial charge in [0.2, 0.25) is 10.0 Å². The number of nitrogens with two attached hydrogens (primary N) is 1. The number of carbonyl (C=O) groups is 2. The summed E-state index contributed by atoms with van der Waals surface area (Å²) in [6.07, 6.45) is 1.20. The minimum Gasteiger partial charge on any atom is -0.507 e. The molecule has 2 aromatic rings. The molecular formula is C20H28N6O5S. The Kier molecular flexibility index (Phi) is 6.86. The summed E-state index contributed by atoms with van der Waals surface area (Å²) in [6, 6.07) is 3.57. The lowest BCUT2D eigenvalue weighted by Crippen LogP contribution is -2.47. The summed E-state index contributed by atoms with van der Waals surface area (Å²) in [5.41, 5.74) is 5.86. The number of hydrogen-bond acceptors (Lipinski definition) is 7. The van der Waals surface area contributed by atoms with E-state index in [1.807, 2.05) is 18.9 Å². The van der Waals surface area contributed by atoms with E-state index >= 15 is 0 Å². The number of hydrogen-bond donors (Lipinski definition) is 3. The largest absolute Gasteiger partial charge is 0.507 e. The van der Waals surface area contributed by atoms with Gasteiger partial charge in [0.15, 0.2) is 0 Å². The van der Waals surface area contributed by atoms with E-state index in [9.17, 15) is 23.1 Å². The summed E-state index contributed by atoms with van der Waals surface area (Å²) in [7, 11) is -0.388. The Hall–Kier alpha value is -2.96. The molecule has 1 fully saturated rings. The van der Waals surface area contributed by atoms with Crippen molar-refractivity contribution in [2.75, 3.05) is 38.5 Å². The quantitative estimate of drug-likeness (QED) is 0.535. The molecule has 174 valence electrons. The van der Waals surface area contributed by atoms with Crippen molar-refractivity contribution in [3.05, 3.63) is 35.2 Å². The van der Waals surface area contributed by atoms with Crippen LogP contribution in [-0.4, -0.2) is 77.6 Å². The maximum atomic E-state index is 13.0. The number of carbonyl (C=O) groups excluding carboxylic acids is 2. The summed E-state index contributed by atoms with van der Waals surface area (Å²) >= 11 is 0. The molecule has 3 rings (SSSR count). The Labute approximate surface area is 186 Å². The average molecular weight is 465 g/mol. The zero-order valence-electron chi connectivity index (χ0n) is 18.3. The first-order valence-electron chi connectivity index (χ1n) is 10.2. The second kappa shape index (κ2) is 9.27. The van der Waals surface area contributed by atoms with Crippen LogP contribution in [0.15, 0.2) is 23.1 Å². The lowest BCUT2D eigenvalue weighted by Gasteiger charge is -2.31. The number of phenols is 1. The number of aromatic nitrogens is 2. The van der Waals surface area contributed by atoms with E-state index in [1.165, 1.54) is 28.2 Å². The van der Waals surface area contributed by atoms with E-state index in [4.69, 9.17) is 5.73 Å². The first kappa shape index (κ1) is 23.7. The summed E-state index contributed by atoms with van der Waals surface area (Å²) < 4.78 is 28.7. The fourth-order valence-electron chi connectivity index (χ4n) is 3.62. The molecule has 0 radical (unpaired) electrons. The van der Waals surface area contributed by atoms with Gasteiger partial charge in [-0.25, -0.2) is 8.42 Å². The number of phenolic OH excluding ortho intramolecular Hbond substituents is 1. The number of nitrogens with one attached hydrogen (secondary N) is 1.